The maximum absolute atomic E-state index is 12.8. The maximum Gasteiger partial charge on any atom is 0.297 e. The lowest BCUT2D eigenvalue weighted by atomic mass is 10.1. The molecule has 246 valence electrons. The van der Waals surface area contributed by atoms with Crippen LogP contribution in [0, 0.1) is 20.8 Å². The molecule has 1 saturated heterocycles. The highest BCUT2D eigenvalue weighted by Crippen LogP contribution is 2.34. The molecule has 1 aliphatic heterocycles. The van der Waals surface area contributed by atoms with Gasteiger partial charge in [-0.05, 0) is 76.9 Å². The first kappa shape index (κ1) is 35.2. The molecule has 4 rings (SSSR count). The van der Waals surface area contributed by atoms with Gasteiger partial charge in [-0.15, -0.1) is 0 Å². The van der Waals surface area contributed by atoms with Crippen molar-refractivity contribution in [1.29, 1.82) is 0 Å². The Balaban J connectivity index is 1.39. The zero-order valence-electron chi connectivity index (χ0n) is 25.5. The van der Waals surface area contributed by atoms with Crippen LogP contribution in [0.3, 0.4) is 0 Å². The molecule has 45 heavy (non-hydrogen) atoms. The van der Waals surface area contributed by atoms with E-state index >= 15 is 0 Å². The molecule has 0 unspecified atom stereocenters. The molecular formula is C31H38O11S3. The molecule has 0 spiro atoms. The molecule has 1 aliphatic rings. The largest absolute Gasteiger partial charge is 0.342 e. The van der Waals surface area contributed by atoms with Gasteiger partial charge >= 0.3 is 0 Å². The third kappa shape index (κ3) is 9.66. The standard InChI is InChI=1S/C31H38O11S3/c1-23-7-13-26(14-8-23)43(32,33)38-20-6-5-19-31(4)41-29(21-39-44(34,35)27-15-9-24(2)10-16-27)30(42-31)22-40-45(36,37)28-17-11-25(3)12-18-28/h7-18,29-30H,5-6,19-22H2,1-4H3/t29-,30-/m1/s1. The monoisotopic (exact) mass is 682 g/mol. The summed E-state index contributed by atoms with van der Waals surface area (Å²) in [6, 6.07) is 18.6. The molecule has 1 heterocycles. The van der Waals surface area contributed by atoms with Crippen molar-refractivity contribution >= 4 is 30.4 Å². The Kier molecular flexibility index (Phi) is 11.2. The van der Waals surface area contributed by atoms with Crippen molar-refractivity contribution in [2.45, 2.75) is 79.6 Å². The Morgan fingerprint density at radius 2 is 0.889 bits per heavy atom. The van der Waals surface area contributed by atoms with Crippen LogP contribution >= 0.6 is 0 Å². The molecule has 0 aliphatic carbocycles. The Morgan fingerprint density at radius 1 is 0.556 bits per heavy atom. The minimum absolute atomic E-state index is 0.0369. The van der Waals surface area contributed by atoms with Crippen LogP contribution in [0.4, 0.5) is 0 Å². The van der Waals surface area contributed by atoms with Crippen molar-refractivity contribution in [3.05, 3.63) is 89.5 Å². The third-order valence-electron chi connectivity index (χ3n) is 7.18. The summed E-state index contributed by atoms with van der Waals surface area (Å²) in [5.41, 5.74) is 2.68. The van der Waals surface area contributed by atoms with Gasteiger partial charge in [-0.1, -0.05) is 53.1 Å². The van der Waals surface area contributed by atoms with E-state index in [-0.39, 0.29) is 27.7 Å². The van der Waals surface area contributed by atoms with E-state index in [1.165, 1.54) is 36.4 Å². The summed E-state index contributed by atoms with van der Waals surface area (Å²) in [7, 11) is -12.2. The first-order valence-electron chi connectivity index (χ1n) is 14.3. The quantitative estimate of drug-likeness (QED) is 0.161. The molecule has 0 saturated carbocycles. The van der Waals surface area contributed by atoms with Crippen LogP contribution in [0.25, 0.3) is 0 Å². The number of benzene rings is 3. The molecule has 3 aromatic carbocycles. The first-order valence-corrected chi connectivity index (χ1v) is 18.6. The predicted octanol–water partition coefficient (Wildman–Crippen LogP) is 4.80. The van der Waals surface area contributed by atoms with Gasteiger partial charge in [-0.25, -0.2) is 0 Å². The average molecular weight is 683 g/mol. The highest BCUT2D eigenvalue weighted by atomic mass is 32.2. The van der Waals surface area contributed by atoms with E-state index in [4.69, 9.17) is 22.0 Å². The fraction of sp³-hybridized carbons (Fsp3) is 0.419. The molecule has 0 aromatic heterocycles. The Bertz CT molecular complexity index is 1660. The number of unbranched alkanes of at least 4 members (excludes halogenated alkanes) is 1. The van der Waals surface area contributed by atoms with Crippen molar-refractivity contribution in [3.8, 4) is 0 Å². The molecule has 0 N–H and O–H groups in total. The van der Waals surface area contributed by atoms with Crippen molar-refractivity contribution in [2.75, 3.05) is 19.8 Å². The van der Waals surface area contributed by atoms with Gasteiger partial charge in [0.1, 0.15) is 12.2 Å². The molecule has 0 amide bonds. The fourth-order valence-electron chi connectivity index (χ4n) is 4.57. The van der Waals surface area contributed by atoms with Crippen LogP contribution in [0.2, 0.25) is 0 Å². The van der Waals surface area contributed by atoms with Gasteiger partial charge in [0.2, 0.25) is 0 Å². The summed E-state index contributed by atoms with van der Waals surface area (Å²) >= 11 is 0. The van der Waals surface area contributed by atoms with E-state index in [0.717, 1.165) is 16.7 Å². The highest BCUT2D eigenvalue weighted by molar-refractivity contribution is 7.87. The van der Waals surface area contributed by atoms with E-state index in [1.807, 2.05) is 20.8 Å². The second-order valence-corrected chi connectivity index (χ2v) is 15.9. The number of aryl methyl sites for hydroxylation is 3. The Hall–Kier alpha value is -2.69. The summed E-state index contributed by atoms with van der Waals surface area (Å²) in [6.45, 7) is 6.15. The van der Waals surface area contributed by atoms with Crippen molar-refractivity contribution in [1.82, 2.24) is 0 Å². The van der Waals surface area contributed by atoms with Crippen LogP contribution in [0.15, 0.2) is 87.5 Å². The van der Waals surface area contributed by atoms with E-state index in [2.05, 4.69) is 0 Å². The molecule has 3 aromatic rings. The van der Waals surface area contributed by atoms with Gasteiger partial charge in [0, 0.05) is 6.42 Å². The molecule has 0 bridgehead atoms. The summed E-state index contributed by atoms with van der Waals surface area (Å²) in [5.74, 6) is -1.26. The Morgan fingerprint density at radius 3 is 1.24 bits per heavy atom. The van der Waals surface area contributed by atoms with E-state index in [0.29, 0.717) is 12.8 Å². The van der Waals surface area contributed by atoms with Gasteiger partial charge in [-0.3, -0.25) is 12.5 Å². The summed E-state index contributed by atoms with van der Waals surface area (Å²) in [4.78, 5) is -0.00962. The molecule has 14 heteroatoms. The highest BCUT2D eigenvalue weighted by Gasteiger charge is 2.45. The lowest BCUT2D eigenvalue weighted by Gasteiger charge is -2.23. The zero-order valence-corrected chi connectivity index (χ0v) is 28.0. The second kappa shape index (κ2) is 14.4. The number of rotatable bonds is 15. The van der Waals surface area contributed by atoms with Gasteiger partial charge in [-0.2, -0.15) is 25.3 Å². The van der Waals surface area contributed by atoms with E-state index in [1.54, 1.807) is 43.3 Å². The SMILES string of the molecule is Cc1ccc(S(=O)(=O)OCCCCC2(C)O[C@H](COS(=O)(=O)c3ccc(C)cc3)[C@@H](COS(=O)(=O)c3ccc(C)cc3)O2)cc1. The van der Waals surface area contributed by atoms with Crippen LogP contribution in [0.1, 0.15) is 42.9 Å². The number of ether oxygens (including phenoxy) is 2. The fourth-order valence-corrected chi connectivity index (χ4v) is 7.35. The predicted molar refractivity (Wildman–Crippen MR) is 165 cm³/mol. The van der Waals surface area contributed by atoms with Crippen molar-refractivity contribution in [3.63, 3.8) is 0 Å². The molecule has 11 nitrogen and oxygen atoms in total. The summed E-state index contributed by atoms with van der Waals surface area (Å²) in [5, 5.41) is 0. The van der Waals surface area contributed by atoms with Crippen LogP contribution in [-0.2, 0) is 52.4 Å². The molecular weight excluding hydrogens is 645 g/mol. The third-order valence-corrected chi connectivity index (χ3v) is 11.1. The minimum Gasteiger partial charge on any atom is -0.342 e. The van der Waals surface area contributed by atoms with Gasteiger partial charge in [0.15, 0.2) is 5.79 Å². The summed E-state index contributed by atoms with van der Waals surface area (Å²) in [6.07, 6.45) is -0.962. The van der Waals surface area contributed by atoms with Gasteiger partial charge < -0.3 is 9.47 Å². The summed E-state index contributed by atoms with van der Waals surface area (Å²) < 4.78 is 104. The van der Waals surface area contributed by atoms with Crippen LogP contribution in [-0.4, -0.2) is 63.1 Å². The Labute approximate surface area is 265 Å². The normalized spacial score (nSPS) is 18.7. The smallest absolute Gasteiger partial charge is 0.297 e. The van der Waals surface area contributed by atoms with E-state index < -0.39 is 61.6 Å². The lowest BCUT2D eigenvalue weighted by molar-refractivity contribution is -0.170. The van der Waals surface area contributed by atoms with Gasteiger partial charge in [0.05, 0.1) is 34.5 Å². The van der Waals surface area contributed by atoms with Crippen molar-refractivity contribution < 1.29 is 47.3 Å². The van der Waals surface area contributed by atoms with E-state index in [9.17, 15) is 25.3 Å². The van der Waals surface area contributed by atoms with Crippen molar-refractivity contribution in [2.24, 2.45) is 0 Å². The lowest BCUT2D eigenvalue weighted by Crippen LogP contribution is -2.33. The number of hydrogen-bond acceptors (Lipinski definition) is 11. The molecule has 0 radical (unpaired) electrons. The van der Waals surface area contributed by atoms with Gasteiger partial charge in [0.25, 0.3) is 30.4 Å². The zero-order chi connectivity index (χ0) is 32.9. The maximum atomic E-state index is 12.8. The number of hydrogen-bond donors (Lipinski definition) is 0. The topological polar surface area (TPSA) is 149 Å². The molecule has 1 fully saturated rings. The average Bonchev–Trinajstić information content (AvgIpc) is 3.31. The first-order chi connectivity index (χ1) is 21.1. The van der Waals surface area contributed by atoms with Crippen LogP contribution < -0.4 is 0 Å². The van der Waals surface area contributed by atoms with Crippen LogP contribution in [0.5, 0.6) is 0 Å². The second-order valence-electron chi connectivity index (χ2n) is 11.1. The molecule has 2 atom stereocenters. The minimum atomic E-state index is -4.15.